The van der Waals surface area contributed by atoms with Gasteiger partial charge in [-0.25, -0.2) is 4.99 Å². The number of guanidine groups is 1. The molecular formula is C18H23IN4O. The van der Waals surface area contributed by atoms with E-state index in [2.05, 4.69) is 24.0 Å². The number of pyridine rings is 1. The molecule has 5 nitrogen and oxygen atoms in total. The minimum absolute atomic E-state index is 0. The Morgan fingerprint density at radius 3 is 2.42 bits per heavy atom. The van der Waals surface area contributed by atoms with Crippen molar-refractivity contribution in [1.82, 2.24) is 9.47 Å². The van der Waals surface area contributed by atoms with Crippen LogP contribution in [0.15, 0.2) is 58.6 Å². The fourth-order valence-corrected chi connectivity index (χ4v) is 2.40. The van der Waals surface area contributed by atoms with Crippen LogP contribution in [0, 0.1) is 6.92 Å². The van der Waals surface area contributed by atoms with Gasteiger partial charge in [0.15, 0.2) is 0 Å². The molecule has 0 amide bonds. The lowest BCUT2D eigenvalue weighted by atomic mass is 10.2. The Labute approximate surface area is 159 Å². The van der Waals surface area contributed by atoms with Gasteiger partial charge >= 0.3 is 0 Å². The van der Waals surface area contributed by atoms with E-state index in [4.69, 9.17) is 14.7 Å². The fourth-order valence-electron chi connectivity index (χ4n) is 2.40. The summed E-state index contributed by atoms with van der Waals surface area (Å²) in [5.74, 6) is 0.735. The van der Waals surface area contributed by atoms with Gasteiger partial charge in [-0.2, -0.15) is 4.99 Å². The van der Waals surface area contributed by atoms with Crippen molar-refractivity contribution in [2.75, 3.05) is 26.3 Å². The predicted molar refractivity (Wildman–Crippen MR) is 107 cm³/mol. The van der Waals surface area contributed by atoms with Crippen LogP contribution >= 0.6 is 24.0 Å². The highest BCUT2D eigenvalue weighted by Gasteiger charge is 2.14. The van der Waals surface area contributed by atoms with Crippen molar-refractivity contribution in [1.29, 1.82) is 0 Å². The summed E-state index contributed by atoms with van der Waals surface area (Å²) < 4.78 is 7.44. The molecule has 0 radical (unpaired) electrons. The van der Waals surface area contributed by atoms with E-state index in [1.165, 1.54) is 5.56 Å². The second-order valence-corrected chi connectivity index (χ2v) is 5.63. The van der Waals surface area contributed by atoms with Gasteiger partial charge in [-0.1, -0.05) is 23.8 Å². The van der Waals surface area contributed by atoms with E-state index in [1.807, 2.05) is 48.1 Å². The van der Waals surface area contributed by atoms with Crippen LogP contribution in [-0.4, -0.2) is 41.7 Å². The van der Waals surface area contributed by atoms with Crippen LogP contribution in [0.2, 0.25) is 0 Å². The molecule has 24 heavy (non-hydrogen) atoms. The number of morpholine rings is 1. The van der Waals surface area contributed by atoms with Crippen LogP contribution in [0.1, 0.15) is 5.56 Å². The van der Waals surface area contributed by atoms with Gasteiger partial charge in [0.1, 0.15) is 5.49 Å². The zero-order valence-electron chi connectivity index (χ0n) is 14.1. The van der Waals surface area contributed by atoms with Gasteiger partial charge in [0.25, 0.3) is 0 Å². The van der Waals surface area contributed by atoms with Gasteiger partial charge in [0.05, 0.1) is 18.9 Å². The summed E-state index contributed by atoms with van der Waals surface area (Å²) in [6.07, 6.45) is 1.99. The lowest BCUT2D eigenvalue weighted by Gasteiger charge is -2.27. The van der Waals surface area contributed by atoms with E-state index >= 15 is 0 Å². The van der Waals surface area contributed by atoms with Crippen LogP contribution in [0.3, 0.4) is 0 Å². The molecule has 1 saturated heterocycles. The third-order valence-electron chi connectivity index (χ3n) is 3.80. The fraction of sp³-hybridized carbons (Fsp3) is 0.333. The summed E-state index contributed by atoms with van der Waals surface area (Å²) in [5, 5.41) is 0. The van der Waals surface area contributed by atoms with Gasteiger partial charge in [-0.3, -0.25) is 0 Å². The van der Waals surface area contributed by atoms with E-state index < -0.39 is 0 Å². The highest BCUT2D eigenvalue weighted by Crippen LogP contribution is 2.14. The average molecular weight is 438 g/mol. The SMILES string of the molecule is Cc1ccc(N=C(N=c2ccccn2C)N2CCOCC2)cc1.I. The summed E-state index contributed by atoms with van der Waals surface area (Å²) in [7, 11) is 1.99. The van der Waals surface area contributed by atoms with Crippen molar-refractivity contribution in [2.45, 2.75) is 6.92 Å². The summed E-state index contributed by atoms with van der Waals surface area (Å²) >= 11 is 0. The number of nitrogens with zero attached hydrogens (tertiary/aromatic N) is 4. The predicted octanol–water partition coefficient (Wildman–Crippen LogP) is 2.87. The summed E-state index contributed by atoms with van der Waals surface area (Å²) in [6, 6.07) is 14.2. The third kappa shape index (κ3) is 4.91. The summed E-state index contributed by atoms with van der Waals surface area (Å²) in [4.78, 5) is 11.7. The summed E-state index contributed by atoms with van der Waals surface area (Å²) in [5.41, 5.74) is 3.02. The van der Waals surface area contributed by atoms with Gasteiger partial charge in [-0.15, -0.1) is 24.0 Å². The molecule has 1 aromatic heterocycles. The first-order valence-corrected chi connectivity index (χ1v) is 7.87. The van der Waals surface area contributed by atoms with Crippen molar-refractivity contribution < 1.29 is 4.74 Å². The Hall–Kier alpha value is -1.67. The highest BCUT2D eigenvalue weighted by atomic mass is 127. The Bertz CT molecular complexity index is 746. The molecule has 1 aromatic carbocycles. The van der Waals surface area contributed by atoms with Crippen molar-refractivity contribution in [3.63, 3.8) is 0 Å². The molecular weight excluding hydrogens is 415 g/mol. The zero-order chi connectivity index (χ0) is 16.1. The van der Waals surface area contributed by atoms with Gasteiger partial charge in [-0.05, 0) is 31.2 Å². The number of aromatic nitrogens is 1. The largest absolute Gasteiger partial charge is 0.378 e. The van der Waals surface area contributed by atoms with Gasteiger partial charge in [0.2, 0.25) is 5.96 Å². The molecule has 1 aliphatic heterocycles. The maximum absolute atomic E-state index is 5.45. The van der Waals surface area contributed by atoms with Crippen molar-refractivity contribution in [3.05, 3.63) is 59.7 Å². The molecule has 0 atom stereocenters. The topological polar surface area (TPSA) is 42.1 Å². The normalized spacial score (nSPS) is 16.0. The number of ether oxygens (including phenoxy) is 1. The van der Waals surface area contributed by atoms with Gasteiger partial charge in [0, 0.05) is 26.3 Å². The minimum Gasteiger partial charge on any atom is -0.378 e. The third-order valence-corrected chi connectivity index (χ3v) is 3.80. The minimum atomic E-state index is 0. The second-order valence-electron chi connectivity index (χ2n) is 5.63. The molecule has 2 heterocycles. The second kappa shape index (κ2) is 8.98. The number of aliphatic imine (C=N–C) groups is 1. The number of benzene rings is 1. The first kappa shape index (κ1) is 18.7. The van der Waals surface area contributed by atoms with E-state index in [1.54, 1.807) is 0 Å². The number of aryl methyl sites for hydroxylation is 2. The molecule has 0 N–H and O–H groups in total. The molecule has 1 aliphatic rings. The highest BCUT2D eigenvalue weighted by molar-refractivity contribution is 14.0. The van der Waals surface area contributed by atoms with Crippen LogP contribution in [-0.2, 0) is 11.8 Å². The van der Waals surface area contributed by atoms with Crippen molar-refractivity contribution in [3.8, 4) is 0 Å². The van der Waals surface area contributed by atoms with Crippen LogP contribution in [0.4, 0.5) is 5.69 Å². The molecule has 6 heteroatoms. The van der Waals surface area contributed by atoms with Crippen LogP contribution in [0.5, 0.6) is 0 Å². The molecule has 3 rings (SSSR count). The Morgan fingerprint density at radius 1 is 1.04 bits per heavy atom. The van der Waals surface area contributed by atoms with E-state index in [9.17, 15) is 0 Å². The lowest BCUT2D eigenvalue weighted by Crippen LogP contribution is -2.41. The molecule has 0 bridgehead atoms. The number of hydrogen-bond donors (Lipinski definition) is 0. The Morgan fingerprint density at radius 2 is 1.75 bits per heavy atom. The van der Waals surface area contributed by atoms with Crippen LogP contribution < -0.4 is 5.49 Å². The maximum Gasteiger partial charge on any atom is 0.228 e. The monoisotopic (exact) mass is 438 g/mol. The van der Waals surface area contributed by atoms with Crippen molar-refractivity contribution in [2.24, 2.45) is 17.0 Å². The standard InChI is InChI=1S/C18H22N4O.HI/c1-15-6-8-16(9-7-15)19-18(22-11-13-23-14-12-22)20-17-5-3-4-10-21(17)2;/h3-10H,11-14H2,1-2H3;1H. The molecule has 0 aliphatic carbocycles. The number of rotatable bonds is 1. The summed E-state index contributed by atoms with van der Waals surface area (Å²) in [6.45, 7) is 5.12. The van der Waals surface area contributed by atoms with E-state index in [0.717, 1.165) is 30.2 Å². The molecule has 0 unspecified atom stereocenters. The molecule has 0 saturated carbocycles. The first-order valence-electron chi connectivity index (χ1n) is 7.87. The quantitative estimate of drug-likeness (QED) is 0.391. The Kier molecular flexibility index (Phi) is 6.99. The zero-order valence-corrected chi connectivity index (χ0v) is 16.4. The van der Waals surface area contributed by atoms with E-state index in [0.29, 0.717) is 13.2 Å². The van der Waals surface area contributed by atoms with Crippen molar-refractivity contribution >= 4 is 35.6 Å². The average Bonchev–Trinajstić information content (AvgIpc) is 2.59. The molecule has 0 spiro atoms. The van der Waals surface area contributed by atoms with Gasteiger partial charge < -0.3 is 14.2 Å². The molecule has 2 aromatic rings. The molecule has 1 fully saturated rings. The molecule has 128 valence electrons. The van der Waals surface area contributed by atoms with Crippen LogP contribution in [0.25, 0.3) is 0 Å². The maximum atomic E-state index is 5.45. The Balaban J connectivity index is 0.00000208. The number of halogens is 1. The number of hydrogen-bond acceptors (Lipinski definition) is 2. The first-order chi connectivity index (χ1) is 11.2. The lowest BCUT2D eigenvalue weighted by molar-refractivity contribution is 0.0675. The van der Waals surface area contributed by atoms with E-state index in [-0.39, 0.29) is 24.0 Å². The smallest absolute Gasteiger partial charge is 0.228 e.